The zero-order valence-electron chi connectivity index (χ0n) is 15.2. The molecule has 5 heteroatoms. The highest BCUT2D eigenvalue weighted by atomic mass is 32.2. The summed E-state index contributed by atoms with van der Waals surface area (Å²) >= 11 is 1.73. The van der Waals surface area contributed by atoms with Crippen molar-refractivity contribution in [3.63, 3.8) is 0 Å². The van der Waals surface area contributed by atoms with Gasteiger partial charge in [0.25, 0.3) is 0 Å². The molecule has 4 nitrogen and oxygen atoms in total. The summed E-state index contributed by atoms with van der Waals surface area (Å²) in [6.07, 6.45) is 2.62. The molecule has 1 fully saturated rings. The van der Waals surface area contributed by atoms with Crippen molar-refractivity contribution in [2.75, 3.05) is 12.4 Å². The molecule has 1 atom stereocenters. The van der Waals surface area contributed by atoms with Crippen molar-refractivity contribution < 1.29 is 4.74 Å². The van der Waals surface area contributed by atoms with E-state index in [1.54, 1.807) is 11.8 Å². The van der Waals surface area contributed by atoms with Crippen molar-refractivity contribution in [1.82, 2.24) is 14.8 Å². The fourth-order valence-corrected chi connectivity index (χ4v) is 4.22. The van der Waals surface area contributed by atoms with Crippen LogP contribution in [0.15, 0.2) is 53.7 Å². The van der Waals surface area contributed by atoms with E-state index in [2.05, 4.69) is 77.1 Å². The number of aromatic nitrogens is 3. The van der Waals surface area contributed by atoms with Gasteiger partial charge in [0.2, 0.25) is 0 Å². The van der Waals surface area contributed by atoms with E-state index in [9.17, 15) is 0 Å². The monoisotopic (exact) mass is 365 g/mol. The molecule has 1 aliphatic rings. The van der Waals surface area contributed by atoms with Crippen molar-refractivity contribution in [2.24, 2.45) is 0 Å². The predicted molar refractivity (Wildman–Crippen MR) is 106 cm³/mol. The fourth-order valence-electron chi connectivity index (χ4n) is 3.20. The minimum Gasteiger partial charge on any atom is -0.377 e. The molecule has 0 aliphatic carbocycles. The number of aryl methyl sites for hydroxylation is 2. The molecule has 0 saturated carbocycles. The van der Waals surface area contributed by atoms with Crippen LogP contribution in [0.1, 0.15) is 24.0 Å². The van der Waals surface area contributed by atoms with Crippen LogP contribution in [0.3, 0.4) is 0 Å². The van der Waals surface area contributed by atoms with Gasteiger partial charge in [0.05, 0.1) is 6.10 Å². The van der Waals surface area contributed by atoms with Crippen LogP contribution in [0.25, 0.3) is 17.1 Å². The summed E-state index contributed by atoms with van der Waals surface area (Å²) in [7, 11) is 0. The van der Waals surface area contributed by atoms with E-state index in [0.717, 1.165) is 47.4 Å². The van der Waals surface area contributed by atoms with Gasteiger partial charge in [-0.3, -0.25) is 4.57 Å². The molecule has 26 heavy (non-hydrogen) atoms. The van der Waals surface area contributed by atoms with Crippen LogP contribution >= 0.6 is 11.8 Å². The molecule has 1 aliphatic heterocycles. The topological polar surface area (TPSA) is 39.9 Å². The largest absolute Gasteiger partial charge is 0.377 e. The molecule has 2 heterocycles. The van der Waals surface area contributed by atoms with Gasteiger partial charge in [0.15, 0.2) is 11.0 Å². The smallest absolute Gasteiger partial charge is 0.196 e. The highest BCUT2D eigenvalue weighted by Gasteiger charge is 2.20. The molecule has 1 aromatic heterocycles. The molecule has 0 radical (unpaired) electrons. The second kappa shape index (κ2) is 7.64. The number of hydrogen-bond acceptors (Lipinski definition) is 4. The minimum atomic E-state index is 0.325. The summed E-state index contributed by atoms with van der Waals surface area (Å²) in [5.74, 6) is 1.80. The Labute approximate surface area is 158 Å². The lowest BCUT2D eigenvalue weighted by atomic mass is 10.1. The molecule has 0 bridgehead atoms. The van der Waals surface area contributed by atoms with Gasteiger partial charge in [-0.1, -0.05) is 53.2 Å². The van der Waals surface area contributed by atoms with Gasteiger partial charge in [-0.15, -0.1) is 10.2 Å². The second-order valence-electron chi connectivity index (χ2n) is 6.79. The Morgan fingerprint density at radius 1 is 1.08 bits per heavy atom. The molecule has 4 rings (SSSR count). The molecular formula is C21H23N3OS. The first-order valence-electron chi connectivity index (χ1n) is 9.04. The number of hydrogen-bond donors (Lipinski definition) is 0. The number of benzene rings is 2. The summed E-state index contributed by atoms with van der Waals surface area (Å²) in [5, 5.41) is 9.94. The lowest BCUT2D eigenvalue weighted by molar-refractivity contribution is 0.129. The fraction of sp³-hybridized carbons (Fsp3) is 0.333. The second-order valence-corrected chi connectivity index (χ2v) is 7.78. The van der Waals surface area contributed by atoms with Crippen LogP contribution in [0, 0.1) is 13.8 Å². The first-order chi connectivity index (χ1) is 12.7. The Morgan fingerprint density at radius 2 is 1.92 bits per heavy atom. The van der Waals surface area contributed by atoms with Crippen LogP contribution in [-0.2, 0) is 4.74 Å². The zero-order chi connectivity index (χ0) is 17.9. The van der Waals surface area contributed by atoms with Gasteiger partial charge in [0, 0.05) is 23.6 Å². The van der Waals surface area contributed by atoms with E-state index in [0.29, 0.717) is 6.10 Å². The minimum absolute atomic E-state index is 0.325. The highest BCUT2D eigenvalue weighted by Crippen LogP contribution is 2.30. The lowest BCUT2D eigenvalue weighted by Gasteiger charge is -2.12. The van der Waals surface area contributed by atoms with Crippen molar-refractivity contribution in [3.8, 4) is 17.1 Å². The molecule has 0 spiro atoms. The number of ether oxygens (including phenoxy) is 1. The number of thioether (sulfide) groups is 1. The van der Waals surface area contributed by atoms with Crippen molar-refractivity contribution in [2.45, 2.75) is 37.9 Å². The third-order valence-corrected chi connectivity index (χ3v) is 5.68. The quantitative estimate of drug-likeness (QED) is 0.608. The van der Waals surface area contributed by atoms with Crippen molar-refractivity contribution in [1.29, 1.82) is 0 Å². The highest BCUT2D eigenvalue weighted by molar-refractivity contribution is 7.99. The van der Waals surface area contributed by atoms with Gasteiger partial charge in [-0.25, -0.2) is 0 Å². The SMILES string of the molecule is Cc1ccc(-n2c(SCC3CCCO3)nnc2-c2cccc(C)c2)cc1. The van der Waals surface area contributed by atoms with Crippen molar-refractivity contribution >= 4 is 11.8 Å². The van der Waals surface area contributed by atoms with E-state index in [4.69, 9.17) is 4.74 Å². The summed E-state index contributed by atoms with van der Waals surface area (Å²) < 4.78 is 7.93. The Bertz CT molecular complexity index is 883. The molecule has 0 N–H and O–H groups in total. The van der Waals surface area contributed by atoms with E-state index < -0.39 is 0 Å². The maximum absolute atomic E-state index is 5.76. The van der Waals surface area contributed by atoms with Crippen LogP contribution in [0.2, 0.25) is 0 Å². The van der Waals surface area contributed by atoms with E-state index in [-0.39, 0.29) is 0 Å². The van der Waals surface area contributed by atoms with Crippen molar-refractivity contribution in [3.05, 3.63) is 59.7 Å². The summed E-state index contributed by atoms with van der Waals surface area (Å²) in [4.78, 5) is 0. The standard InChI is InChI=1S/C21H23N3OS/c1-15-8-10-18(11-9-15)24-20(17-6-3-5-16(2)13-17)22-23-21(24)26-14-19-7-4-12-25-19/h3,5-6,8-11,13,19H,4,7,12,14H2,1-2H3. The molecule has 134 valence electrons. The maximum Gasteiger partial charge on any atom is 0.196 e. The Morgan fingerprint density at radius 3 is 2.65 bits per heavy atom. The normalized spacial score (nSPS) is 16.9. The first kappa shape index (κ1) is 17.3. The predicted octanol–water partition coefficient (Wildman–Crippen LogP) is 4.82. The Hall–Kier alpha value is -2.11. The number of rotatable bonds is 5. The molecule has 1 saturated heterocycles. The van der Waals surface area contributed by atoms with Crippen LogP contribution in [0.4, 0.5) is 0 Å². The van der Waals surface area contributed by atoms with Gasteiger partial charge in [0.1, 0.15) is 0 Å². The summed E-state index contributed by atoms with van der Waals surface area (Å²) in [5.41, 5.74) is 4.64. The van der Waals surface area contributed by atoms with Crippen LogP contribution in [0.5, 0.6) is 0 Å². The van der Waals surface area contributed by atoms with Crippen LogP contribution < -0.4 is 0 Å². The number of nitrogens with zero attached hydrogens (tertiary/aromatic N) is 3. The van der Waals surface area contributed by atoms with Gasteiger partial charge >= 0.3 is 0 Å². The van der Waals surface area contributed by atoms with E-state index in [1.807, 2.05) is 0 Å². The molecule has 2 aromatic carbocycles. The molecular weight excluding hydrogens is 342 g/mol. The van der Waals surface area contributed by atoms with Crippen LogP contribution in [-0.4, -0.2) is 33.2 Å². The summed E-state index contributed by atoms with van der Waals surface area (Å²) in [6, 6.07) is 16.9. The average molecular weight is 366 g/mol. The Kier molecular flexibility index (Phi) is 5.09. The third-order valence-electron chi connectivity index (χ3n) is 4.62. The maximum atomic E-state index is 5.76. The molecule has 3 aromatic rings. The van der Waals surface area contributed by atoms with E-state index >= 15 is 0 Å². The Balaban J connectivity index is 1.72. The third kappa shape index (κ3) is 3.69. The lowest BCUT2D eigenvalue weighted by Crippen LogP contribution is -2.09. The average Bonchev–Trinajstić information content (AvgIpc) is 3.30. The molecule has 0 amide bonds. The van der Waals surface area contributed by atoms with Gasteiger partial charge in [-0.2, -0.15) is 0 Å². The van der Waals surface area contributed by atoms with Gasteiger partial charge < -0.3 is 4.74 Å². The first-order valence-corrected chi connectivity index (χ1v) is 10.0. The summed E-state index contributed by atoms with van der Waals surface area (Å²) in [6.45, 7) is 5.08. The zero-order valence-corrected chi connectivity index (χ0v) is 16.0. The van der Waals surface area contributed by atoms with Gasteiger partial charge in [-0.05, 0) is 44.9 Å². The molecule has 1 unspecified atom stereocenters. The van der Waals surface area contributed by atoms with E-state index in [1.165, 1.54) is 11.1 Å².